The van der Waals surface area contributed by atoms with Gasteiger partial charge in [-0.25, -0.2) is 8.78 Å². The monoisotopic (exact) mass is 486 g/mol. The van der Waals surface area contributed by atoms with Gasteiger partial charge in [-0.3, -0.25) is 9.59 Å². The van der Waals surface area contributed by atoms with Crippen molar-refractivity contribution in [1.29, 1.82) is 0 Å². The van der Waals surface area contributed by atoms with E-state index >= 15 is 0 Å². The molecule has 7 heteroatoms. The number of rotatable bonds is 9. The van der Waals surface area contributed by atoms with Gasteiger partial charge in [0, 0.05) is 30.8 Å². The fraction of sp³-hybridized carbons (Fsp3) is 0.259. The van der Waals surface area contributed by atoms with Crippen LogP contribution >= 0.6 is 11.6 Å². The lowest BCUT2D eigenvalue weighted by Gasteiger charge is -2.27. The van der Waals surface area contributed by atoms with E-state index in [1.165, 1.54) is 36.4 Å². The van der Waals surface area contributed by atoms with E-state index in [0.29, 0.717) is 24.2 Å². The number of halogens is 3. The Kier molecular flexibility index (Phi) is 11.4. The van der Waals surface area contributed by atoms with Gasteiger partial charge in [0.1, 0.15) is 11.6 Å². The molecule has 3 aromatic carbocycles. The van der Waals surface area contributed by atoms with Crippen LogP contribution in [0.25, 0.3) is 0 Å². The molecule has 0 aliphatic carbocycles. The summed E-state index contributed by atoms with van der Waals surface area (Å²) in [5.74, 6) is -0.767. The molecule has 0 aliphatic rings. The molecule has 0 radical (unpaired) electrons. The molecule has 0 atom stereocenters. The second-order valence-corrected chi connectivity index (χ2v) is 7.87. The van der Waals surface area contributed by atoms with Crippen LogP contribution in [0.4, 0.5) is 8.78 Å². The smallest absolute Gasteiger partial charge is 0.254 e. The van der Waals surface area contributed by atoms with E-state index < -0.39 is 5.24 Å². The topological polar surface area (TPSA) is 40.6 Å². The van der Waals surface area contributed by atoms with Crippen molar-refractivity contribution in [3.8, 4) is 0 Å². The zero-order valence-corrected chi connectivity index (χ0v) is 20.1. The summed E-state index contributed by atoms with van der Waals surface area (Å²) in [5.41, 5.74) is 1.92. The number of carbonyl (C=O) groups excluding carboxylic acids is 2. The molecule has 3 aromatic rings. The Morgan fingerprint density at radius 2 is 1.24 bits per heavy atom. The molecule has 34 heavy (non-hydrogen) atoms. The van der Waals surface area contributed by atoms with Gasteiger partial charge in [0.15, 0.2) is 0 Å². The van der Waals surface area contributed by atoms with Crippen molar-refractivity contribution in [3.63, 3.8) is 0 Å². The molecule has 1 amide bonds. The first-order valence-corrected chi connectivity index (χ1v) is 11.5. The second kappa shape index (κ2) is 14.2. The molecular formula is C27H29ClF2N2O2. The predicted octanol–water partition coefficient (Wildman–Crippen LogP) is 6.01. The summed E-state index contributed by atoms with van der Waals surface area (Å²) in [4.78, 5) is 27.4. The Morgan fingerprint density at radius 3 is 1.71 bits per heavy atom. The lowest BCUT2D eigenvalue weighted by Crippen LogP contribution is -2.38. The molecule has 180 valence electrons. The van der Waals surface area contributed by atoms with Crippen molar-refractivity contribution in [3.05, 3.63) is 107 Å². The van der Waals surface area contributed by atoms with Crippen molar-refractivity contribution in [2.45, 2.75) is 20.4 Å². The van der Waals surface area contributed by atoms with Gasteiger partial charge in [-0.05, 0) is 78.8 Å². The molecule has 3 rings (SSSR count). The molecular weight excluding hydrogens is 458 g/mol. The molecule has 0 saturated heterocycles. The Bertz CT molecular complexity index is 1020. The van der Waals surface area contributed by atoms with Gasteiger partial charge in [-0.1, -0.05) is 44.2 Å². The third-order valence-corrected chi connectivity index (χ3v) is 5.46. The Balaban J connectivity index is 0.000000340. The average molecular weight is 487 g/mol. The molecule has 0 unspecified atom stereocenters. The largest absolute Gasteiger partial charge is 0.333 e. The first-order valence-electron chi connectivity index (χ1n) is 11.1. The summed E-state index contributed by atoms with van der Waals surface area (Å²) in [6, 6.07) is 20.8. The van der Waals surface area contributed by atoms with Gasteiger partial charge >= 0.3 is 0 Å². The maximum atomic E-state index is 13.1. The number of likely N-dealkylation sites (N-methyl/N-ethyl adjacent to an activating group) is 1. The molecule has 0 heterocycles. The highest BCUT2D eigenvalue weighted by Gasteiger charge is 2.17. The van der Waals surface area contributed by atoms with Crippen LogP contribution in [0.3, 0.4) is 0 Å². The van der Waals surface area contributed by atoms with Crippen LogP contribution in [0.5, 0.6) is 0 Å². The molecule has 0 spiro atoms. The summed E-state index contributed by atoms with van der Waals surface area (Å²) >= 11 is 5.09. The van der Waals surface area contributed by atoms with Crippen molar-refractivity contribution in [2.24, 2.45) is 0 Å². The summed E-state index contributed by atoms with van der Waals surface area (Å²) in [6.45, 7) is 8.18. The maximum Gasteiger partial charge on any atom is 0.254 e. The van der Waals surface area contributed by atoms with Crippen LogP contribution in [0.1, 0.15) is 40.1 Å². The molecule has 4 nitrogen and oxygen atoms in total. The fourth-order valence-corrected chi connectivity index (χ4v) is 3.34. The molecule has 0 fully saturated rings. The van der Waals surface area contributed by atoms with Crippen molar-refractivity contribution in [2.75, 3.05) is 26.2 Å². The Hall–Kier alpha value is -3.09. The van der Waals surface area contributed by atoms with Crippen molar-refractivity contribution in [1.82, 2.24) is 9.80 Å². The zero-order valence-electron chi connectivity index (χ0n) is 19.4. The number of hydrogen-bond acceptors (Lipinski definition) is 3. The maximum absolute atomic E-state index is 13.1. The van der Waals surface area contributed by atoms with Crippen LogP contribution in [-0.4, -0.2) is 47.1 Å². The lowest BCUT2D eigenvalue weighted by molar-refractivity contribution is 0.0723. The van der Waals surface area contributed by atoms with Gasteiger partial charge in [-0.2, -0.15) is 0 Å². The normalized spacial score (nSPS) is 10.4. The van der Waals surface area contributed by atoms with E-state index in [4.69, 9.17) is 11.6 Å². The zero-order chi connectivity index (χ0) is 24.9. The highest BCUT2D eigenvalue weighted by atomic mass is 35.5. The molecule has 0 aliphatic heterocycles. The highest BCUT2D eigenvalue weighted by molar-refractivity contribution is 6.67. The van der Waals surface area contributed by atoms with E-state index in [0.717, 1.165) is 25.2 Å². The van der Waals surface area contributed by atoms with Crippen LogP contribution in [0.2, 0.25) is 0 Å². The molecule has 0 aromatic heterocycles. The number of hydrogen-bond donors (Lipinski definition) is 0. The minimum absolute atomic E-state index is 0.0639. The Morgan fingerprint density at radius 1 is 0.735 bits per heavy atom. The van der Waals surface area contributed by atoms with Gasteiger partial charge in [0.2, 0.25) is 0 Å². The first-order chi connectivity index (χ1) is 16.3. The predicted molar refractivity (Wildman–Crippen MR) is 132 cm³/mol. The van der Waals surface area contributed by atoms with E-state index in [-0.39, 0.29) is 17.5 Å². The lowest BCUT2D eigenvalue weighted by atomic mass is 10.1. The van der Waals surface area contributed by atoms with Gasteiger partial charge in [0.05, 0.1) is 0 Å². The standard InChI is InChI=1S/C20H25FN2O.C7H4ClFO/c1-3-22(4-2)14-15-23(16-17-8-6-5-7-9-17)20(24)18-10-12-19(21)13-11-18;8-7(10)5-1-3-6(9)4-2-5/h5-13H,3-4,14-16H2,1-2H3;1-4H. The third kappa shape index (κ3) is 9.04. The fourth-order valence-electron chi connectivity index (χ4n) is 3.21. The minimum Gasteiger partial charge on any atom is -0.333 e. The minimum atomic E-state index is -0.569. The number of amides is 1. The summed E-state index contributed by atoms with van der Waals surface area (Å²) in [5, 5.41) is -0.569. The average Bonchev–Trinajstić information content (AvgIpc) is 2.85. The number of nitrogens with zero attached hydrogens (tertiary/aromatic N) is 2. The van der Waals surface area contributed by atoms with Crippen LogP contribution in [-0.2, 0) is 6.54 Å². The summed E-state index contributed by atoms with van der Waals surface area (Å²) < 4.78 is 25.3. The van der Waals surface area contributed by atoms with E-state index in [9.17, 15) is 18.4 Å². The second-order valence-electron chi connectivity index (χ2n) is 7.53. The Labute approximate surface area is 204 Å². The van der Waals surface area contributed by atoms with E-state index in [1.54, 1.807) is 12.1 Å². The number of benzene rings is 3. The van der Waals surface area contributed by atoms with Crippen LogP contribution in [0, 0.1) is 11.6 Å². The number of carbonyl (C=O) groups is 2. The summed E-state index contributed by atoms with van der Waals surface area (Å²) in [7, 11) is 0. The molecule has 0 bridgehead atoms. The van der Waals surface area contributed by atoms with Crippen molar-refractivity contribution >= 4 is 22.8 Å². The third-order valence-electron chi connectivity index (χ3n) is 5.25. The molecule has 0 saturated carbocycles. The molecule has 0 N–H and O–H groups in total. The van der Waals surface area contributed by atoms with E-state index in [1.807, 2.05) is 35.2 Å². The van der Waals surface area contributed by atoms with Gasteiger partial charge < -0.3 is 9.80 Å². The SMILES string of the molecule is CCN(CC)CCN(Cc1ccccc1)C(=O)c1ccc(F)cc1.O=C(Cl)c1ccc(F)cc1. The van der Waals surface area contributed by atoms with Gasteiger partial charge in [0.25, 0.3) is 11.1 Å². The van der Waals surface area contributed by atoms with Gasteiger partial charge in [-0.15, -0.1) is 0 Å². The van der Waals surface area contributed by atoms with Crippen LogP contribution < -0.4 is 0 Å². The summed E-state index contributed by atoms with van der Waals surface area (Å²) in [6.07, 6.45) is 0. The highest BCUT2D eigenvalue weighted by Crippen LogP contribution is 2.11. The van der Waals surface area contributed by atoms with Crippen LogP contribution in [0.15, 0.2) is 78.9 Å². The van der Waals surface area contributed by atoms with Crippen molar-refractivity contribution < 1.29 is 18.4 Å². The van der Waals surface area contributed by atoms with E-state index in [2.05, 4.69) is 18.7 Å². The first kappa shape index (κ1) is 27.2. The quantitative estimate of drug-likeness (QED) is 0.347.